The molecule has 12 rings (SSSR count). The van der Waals surface area contributed by atoms with Gasteiger partial charge in [0.2, 0.25) is 0 Å². The summed E-state index contributed by atoms with van der Waals surface area (Å²) in [5, 5.41) is 8.01. The Kier molecular flexibility index (Phi) is 7.33. The molecule has 0 amide bonds. The van der Waals surface area contributed by atoms with Crippen molar-refractivity contribution in [2.45, 2.75) is 0 Å². The highest BCUT2D eigenvalue weighted by atomic mass is 32.1. The fraction of sp³-hybridized carbons (Fsp3) is 0. The predicted octanol–water partition coefficient (Wildman–Crippen LogP) is 14.2. The van der Waals surface area contributed by atoms with Crippen LogP contribution in [0.15, 0.2) is 186 Å². The summed E-state index contributed by atoms with van der Waals surface area (Å²) >= 11 is 1.83. The molecule has 58 heavy (non-hydrogen) atoms. The lowest BCUT2D eigenvalue weighted by molar-refractivity contribution is 0.669. The third kappa shape index (κ3) is 5.23. The summed E-state index contributed by atoms with van der Waals surface area (Å²) in [4.78, 5) is 21.0. The van der Waals surface area contributed by atoms with Crippen LogP contribution in [0.4, 0.5) is 0 Å². The summed E-state index contributed by atoms with van der Waals surface area (Å²) in [5.41, 5.74) is 9.22. The molecular formula is C52H30N4OS. The van der Waals surface area contributed by atoms with E-state index in [0.29, 0.717) is 17.5 Å². The molecule has 4 heterocycles. The van der Waals surface area contributed by atoms with E-state index in [9.17, 15) is 0 Å². The molecule has 6 heteroatoms. The Morgan fingerprint density at radius 3 is 1.84 bits per heavy atom. The standard InChI is InChI=1S/C52H30N4OS/c1-3-13-31(14-4-1)33-17-11-18-34(29-33)50-54-51(56-52(55-50)41-22-12-21-37-36-19-7-9-23-43(36)57-49(37)41)35-25-26-38-42(30-35)53-48(32-15-5-2-6-16-32)40-27-28-45-47(46(38)40)39-20-8-10-24-44(39)58-45/h1-30H. The number of benzene rings is 8. The first kappa shape index (κ1) is 32.7. The van der Waals surface area contributed by atoms with Crippen molar-refractivity contribution >= 4 is 75.1 Å². The second kappa shape index (κ2) is 13.0. The van der Waals surface area contributed by atoms with E-state index in [0.717, 1.165) is 77.3 Å². The number of rotatable bonds is 5. The number of hydrogen-bond acceptors (Lipinski definition) is 6. The van der Waals surface area contributed by atoms with E-state index >= 15 is 0 Å². The molecule has 0 bridgehead atoms. The van der Waals surface area contributed by atoms with Gasteiger partial charge in [0.1, 0.15) is 11.2 Å². The zero-order valence-electron chi connectivity index (χ0n) is 30.9. The van der Waals surface area contributed by atoms with E-state index in [1.807, 2.05) is 53.8 Å². The van der Waals surface area contributed by atoms with E-state index in [1.165, 1.54) is 25.6 Å². The minimum Gasteiger partial charge on any atom is -0.455 e. The van der Waals surface area contributed by atoms with Gasteiger partial charge in [-0.1, -0.05) is 146 Å². The Bertz CT molecular complexity index is 3570. The summed E-state index contributed by atoms with van der Waals surface area (Å²) in [7, 11) is 0. The lowest BCUT2D eigenvalue weighted by Crippen LogP contribution is -2.01. The van der Waals surface area contributed by atoms with Gasteiger partial charge in [0.25, 0.3) is 0 Å². The maximum Gasteiger partial charge on any atom is 0.167 e. The smallest absolute Gasteiger partial charge is 0.167 e. The number of thiophene rings is 1. The van der Waals surface area contributed by atoms with Crippen LogP contribution in [0, 0.1) is 0 Å². The van der Waals surface area contributed by atoms with Gasteiger partial charge in [0.15, 0.2) is 17.5 Å². The molecule has 8 aromatic carbocycles. The van der Waals surface area contributed by atoms with Crippen LogP contribution in [-0.2, 0) is 0 Å². The Labute approximate surface area is 336 Å². The third-order valence-corrected chi connectivity index (χ3v) is 12.2. The number of fused-ring (bicyclic) bond motifs is 10. The highest BCUT2D eigenvalue weighted by Crippen LogP contribution is 2.44. The maximum absolute atomic E-state index is 6.51. The van der Waals surface area contributed by atoms with Crippen molar-refractivity contribution < 1.29 is 4.42 Å². The molecule has 0 aliphatic rings. The van der Waals surface area contributed by atoms with Crippen LogP contribution in [0.3, 0.4) is 0 Å². The molecule has 0 fully saturated rings. The average molecular weight is 759 g/mol. The van der Waals surface area contributed by atoms with Gasteiger partial charge >= 0.3 is 0 Å². The van der Waals surface area contributed by atoms with Crippen molar-refractivity contribution in [2.24, 2.45) is 0 Å². The number of nitrogens with zero attached hydrogens (tertiary/aromatic N) is 4. The van der Waals surface area contributed by atoms with Crippen molar-refractivity contribution in [1.82, 2.24) is 19.9 Å². The number of aromatic nitrogens is 4. The van der Waals surface area contributed by atoms with Crippen molar-refractivity contribution in [2.75, 3.05) is 0 Å². The molecule has 0 radical (unpaired) electrons. The predicted molar refractivity (Wildman–Crippen MR) is 240 cm³/mol. The zero-order chi connectivity index (χ0) is 38.2. The molecule has 0 N–H and O–H groups in total. The lowest BCUT2D eigenvalue weighted by Gasteiger charge is -2.13. The molecular weight excluding hydrogens is 729 g/mol. The fourth-order valence-corrected chi connectivity index (χ4v) is 9.53. The second-order valence-electron chi connectivity index (χ2n) is 14.6. The lowest BCUT2D eigenvalue weighted by atomic mass is 9.95. The van der Waals surface area contributed by atoms with Gasteiger partial charge in [0, 0.05) is 63.8 Å². The highest BCUT2D eigenvalue weighted by Gasteiger charge is 2.20. The van der Waals surface area contributed by atoms with Gasteiger partial charge in [-0.2, -0.15) is 0 Å². The Hall–Kier alpha value is -7.54. The maximum atomic E-state index is 6.51. The summed E-state index contributed by atoms with van der Waals surface area (Å²) in [5.74, 6) is 1.68. The normalized spacial score (nSPS) is 11.8. The number of pyridine rings is 1. The molecule has 270 valence electrons. The van der Waals surface area contributed by atoms with Crippen molar-refractivity contribution in [1.29, 1.82) is 0 Å². The minimum absolute atomic E-state index is 0.540. The van der Waals surface area contributed by atoms with Crippen molar-refractivity contribution in [3.05, 3.63) is 182 Å². The van der Waals surface area contributed by atoms with E-state index in [-0.39, 0.29) is 0 Å². The number of para-hydroxylation sites is 2. The zero-order valence-corrected chi connectivity index (χ0v) is 31.7. The van der Waals surface area contributed by atoms with E-state index in [4.69, 9.17) is 24.4 Å². The molecule has 0 aliphatic carbocycles. The minimum atomic E-state index is 0.540. The second-order valence-corrected chi connectivity index (χ2v) is 15.6. The average Bonchev–Trinajstić information content (AvgIpc) is 3.88. The largest absolute Gasteiger partial charge is 0.455 e. The van der Waals surface area contributed by atoms with Gasteiger partial charge in [-0.05, 0) is 47.5 Å². The van der Waals surface area contributed by atoms with E-state index in [2.05, 4.69) is 140 Å². The molecule has 5 nitrogen and oxygen atoms in total. The van der Waals surface area contributed by atoms with Crippen LogP contribution in [0.25, 0.3) is 120 Å². The van der Waals surface area contributed by atoms with Crippen LogP contribution in [-0.4, -0.2) is 19.9 Å². The summed E-state index contributed by atoms with van der Waals surface area (Å²) < 4.78 is 9.04. The molecule has 4 aromatic heterocycles. The first-order valence-electron chi connectivity index (χ1n) is 19.3. The first-order chi connectivity index (χ1) is 28.7. The highest BCUT2D eigenvalue weighted by molar-refractivity contribution is 7.26. The molecule has 0 atom stereocenters. The van der Waals surface area contributed by atoms with E-state index < -0.39 is 0 Å². The van der Waals surface area contributed by atoms with Crippen molar-refractivity contribution in [3.8, 4) is 56.5 Å². The monoisotopic (exact) mass is 758 g/mol. The van der Waals surface area contributed by atoms with Crippen LogP contribution in [0.2, 0.25) is 0 Å². The number of hydrogen-bond donors (Lipinski definition) is 0. The Morgan fingerprint density at radius 1 is 0.362 bits per heavy atom. The Balaban J connectivity index is 1.12. The van der Waals surface area contributed by atoms with Gasteiger partial charge in [-0.3, -0.25) is 0 Å². The Morgan fingerprint density at radius 2 is 1.00 bits per heavy atom. The molecule has 12 aromatic rings. The fourth-order valence-electron chi connectivity index (χ4n) is 8.41. The van der Waals surface area contributed by atoms with Crippen LogP contribution < -0.4 is 0 Å². The molecule has 0 saturated heterocycles. The molecule has 0 aliphatic heterocycles. The quantitative estimate of drug-likeness (QED) is 0.164. The van der Waals surface area contributed by atoms with E-state index in [1.54, 1.807) is 0 Å². The van der Waals surface area contributed by atoms with Gasteiger partial charge in [0.05, 0.1) is 16.8 Å². The van der Waals surface area contributed by atoms with Crippen LogP contribution in [0.5, 0.6) is 0 Å². The molecule has 0 spiro atoms. The summed E-state index contributed by atoms with van der Waals surface area (Å²) in [6, 6.07) is 63.2. The van der Waals surface area contributed by atoms with Crippen LogP contribution in [0.1, 0.15) is 0 Å². The third-order valence-electron chi connectivity index (χ3n) is 11.1. The first-order valence-corrected chi connectivity index (χ1v) is 20.1. The molecule has 0 unspecified atom stereocenters. The van der Waals surface area contributed by atoms with Crippen molar-refractivity contribution in [3.63, 3.8) is 0 Å². The SMILES string of the molecule is c1ccc(-c2cccc(-c3nc(-c4ccc5c(c4)nc(-c4ccccc4)c4ccc6sc7ccccc7c6c45)nc(-c4cccc5c4oc4ccccc45)n3)c2)cc1. The van der Waals surface area contributed by atoms with Gasteiger partial charge < -0.3 is 4.42 Å². The van der Waals surface area contributed by atoms with Crippen LogP contribution >= 0.6 is 11.3 Å². The number of furan rings is 1. The summed E-state index contributed by atoms with van der Waals surface area (Å²) in [6.45, 7) is 0. The van der Waals surface area contributed by atoms with Gasteiger partial charge in [-0.25, -0.2) is 19.9 Å². The topological polar surface area (TPSA) is 64.7 Å². The molecule has 0 saturated carbocycles. The van der Waals surface area contributed by atoms with Gasteiger partial charge in [-0.15, -0.1) is 11.3 Å². The summed E-state index contributed by atoms with van der Waals surface area (Å²) in [6.07, 6.45) is 0.